The highest BCUT2D eigenvalue weighted by Gasteiger charge is 2.35. The van der Waals surface area contributed by atoms with E-state index in [0.29, 0.717) is 12.6 Å². The van der Waals surface area contributed by atoms with Gasteiger partial charge in [0.05, 0.1) is 13.1 Å². The molecule has 0 aromatic carbocycles. The molecule has 1 aromatic heterocycles. The summed E-state index contributed by atoms with van der Waals surface area (Å²) >= 11 is 0. The molecule has 21 heavy (non-hydrogen) atoms. The van der Waals surface area contributed by atoms with Crippen molar-refractivity contribution in [3.8, 4) is 0 Å². The van der Waals surface area contributed by atoms with Crippen molar-refractivity contribution in [2.45, 2.75) is 51.1 Å². The van der Waals surface area contributed by atoms with Gasteiger partial charge < -0.3 is 10.2 Å². The van der Waals surface area contributed by atoms with E-state index in [-0.39, 0.29) is 5.91 Å². The number of fused-ring (bicyclic) bond motifs is 1. The first-order chi connectivity index (χ1) is 10.3. The number of hydrogen-bond acceptors (Lipinski definition) is 3. The van der Waals surface area contributed by atoms with Crippen molar-refractivity contribution >= 4 is 5.91 Å². The second-order valence-corrected chi connectivity index (χ2v) is 6.29. The van der Waals surface area contributed by atoms with Gasteiger partial charge in [-0.25, -0.2) is 0 Å². The first-order valence-electron chi connectivity index (χ1n) is 8.32. The zero-order valence-electron chi connectivity index (χ0n) is 12.7. The van der Waals surface area contributed by atoms with Crippen LogP contribution < -0.4 is 5.32 Å². The molecule has 2 aliphatic rings. The van der Waals surface area contributed by atoms with Crippen molar-refractivity contribution in [2.75, 3.05) is 19.6 Å². The highest BCUT2D eigenvalue weighted by Crippen LogP contribution is 2.35. The molecular weight excluding hydrogens is 264 g/mol. The molecule has 2 heterocycles. The van der Waals surface area contributed by atoms with Crippen LogP contribution in [0.2, 0.25) is 0 Å². The number of aromatic nitrogens is 2. The van der Waals surface area contributed by atoms with E-state index in [1.54, 1.807) is 6.20 Å². The Balaban J connectivity index is 1.43. The Morgan fingerprint density at radius 1 is 1.24 bits per heavy atom. The van der Waals surface area contributed by atoms with Gasteiger partial charge in [-0.3, -0.25) is 9.48 Å². The Bertz CT molecular complexity index is 443. The summed E-state index contributed by atoms with van der Waals surface area (Å²) in [7, 11) is 0. The summed E-state index contributed by atoms with van der Waals surface area (Å²) < 4.78 is 1.88. The molecule has 1 N–H and O–H groups in total. The SMILES string of the molecule is O=C(CNCCn1cccn1)N1CCCC2CCCCC21. The second-order valence-electron chi connectivity index (χ2n) is 6.29. The van der Waals surface area contributed by atoms with Gasteiger partial charge in [0, 0.05) is 31.5 Å². The summed E-state index contributed by atoms with van der Waals surface area (Å²) in [5.74, 6) is 1.05. The van der Waals surface area contributed by atoms with Gasteiger partial charge in [-0.1, -0.05) is 12.8 Å². The Kier molecular flexibility index (Phi) is 4.91. The van der Waals surface area contributed by atoms with E-state index in [1.165, 1.54) is 38.5 Å². The summed E-state index contributed by atoms with van der Waals surface area (Å²) in [5.41, 5.74) is 0. The number of rotatable bonds is 5. The Hall–Kier alpha value is -1.36. The number of nitrogens with one attached hydrogen (secondary N) is 1. The Morgan fingerprint density at radius 3 is 2.95 bits per heavy atom. The normalized spacial score (nSPS) is 25.6. The van der Waals surface area contributed by atoms with Crippen molar-refractivity contribution in [1.82, 2.24) is 20.0 Å². The number of nitrogens with zero attached hydrogens (tertiary/aromatic N) is 3. The van der Waals surface area contributed by atoms with Crippen LogP contribution in [-0.2, 0) is 11.3 Å². The molecule has 1 aromatic rings. The molecule has 2 unspecified atom stereocenters. The molecule has 0 spiro atoms. The molecule has 1 saturated heterocycles. The van der Waals surface area contributed by atoms with E-state index in [0.717, 1.165) is 25.6 Å². The van der Waals surface area contributed by atoms with Crippen LogP contribution in [-0.4, -0.2) is 46.3 Å². The molecule has 1 aliphatic heterocycles. The smallest absolute Gasteiger partial charge is 0.236 e. The average molecular weight is 290 g/mol. The summed E-state index contributed by atoms with van der Waals surface area (Å²) in [6.07, 6.45) is 11.4. The first kappa shape index (κ1) is 14.6. The average Bonchev–Trinajstić information content (AvgIpc) is 3.04. The molecule has 5 nitrogen and oxygen atoms in total. The first-order valence-corrected chi connectivity index (χ1v) is 8.32. The fraction of sp³-hybridized carbons (Fsp3) is 0.750. The third-order valence-corrected chi connectivity index (χ3v) is 4.92. The van der Waals surface area contributed by atoms with Crippen molar-refractivity contribution in [3.63, 3.8) is 0 Å². The second kappa shape index (κ2) is 7.07. The molecule has 2 atom stereocenters. The van der Waals surface area contributed by atoms with E-state index in [9.17, 15) is 4.79 Å². The van der Waals surface area contributed by atoms with Crippen molar-refractivity contribution in [1.29, 1.82) is 0 Å². The van der Waals surface area contributed by atoms with Crippen LogP contribution in [0.25, 0.3) is 0 Å². The lowest BCUT2D eigenvalue weighted by molar-refractivity contribution is -0.136. The monoisotopic (exact) mass is 290 g/mol. The molecule has 1 aliphatic carbocycles. The van der Waals surface area contributed by atoms with Crippen molar-refractivity contribution in [3.05, 3.63) is 18.5 Å². The van der Waals surface area contributed by atoms with Gasteiger partial charge in [-0.15, -0.1) is 0 Å². The molecule has 1 amide bonds. The number of carbonyl (C=O) groups is 1. The molecular formula is C16H26N4O. The topological polar surface area (TPSA) is 50.2 Å². The summed E-state index contributed by atoms with van der Waals surface area (Å²) in [6, 6.07) is 2.44. The standard InChI is InChI=1S/C16H26N4O/c21-16(13-17-9-12-19-10-4-8-18-19)20-11-3-6-14-5-1-2-7-15(14)20/h4,8,10,14-15,17H,1-3,5-7,9,11-13H2. The Morgan fingerprint density at radius 2 is 2.10 bits per heavy atom. The van der Waals surface area contributed by atoms with Crippen LogP contribution in [0.5, 0.6) is 0 Å². The number of piperidine rings is 1. The lowest BCUT2D eigenvalue weighted by Gasteiger charge is -2.44. The van der Waals surface area contributed by atoms with Gasteiger partial charge in [0.1, 0.15) is 0 Å². The van der Waals surface area contributed by atoms with E-state index in [4.69, 9.17) is 0 Å². The minimum absolute atomic E-state index is 0.284. The molecule has 116 valence electrons. The fourth-order valence-electron chi connectivity index (χ4n) is 3.86. The molecule has 0 bridgehead atoms. The van der Waals surface area contributed by atoms with Crippen LogP contribution in [0, 0.1) is 5.92 Å². The summed E-state index contributed by atoms with van der Waals surface area (Å²) in [6.45, 7) is 3.02. The number of hydrogen-bond donors (Lipinski definition) is 1. The largest absolute Gasteiger partial charge is 0.338 e. The minimum atomic E-state index is 0.284. The lowest BCUT2D eigenvalue weighted by atomic mass is 9.78. The zero-order valence-corrected chi connectivity index (χ0v) is 12.7. The molecule has 0 radical (unpaired) electrons. The van der Waals surface area contributed by atoms with Crippen LogP contribution in [0.3, 0.4) is 0 Å². The highest BCUT2D eigenvalue weighted by atomic mass is 16.2. The van der Waals surface area contributed by atoms with E-state index in [1.807, 2.05) is 16.9 Å². The van der Waals surface area contributed by atoms with E-state index in [2.05, 4.69) is 15.3 Å². The predicted octanol–water partition coefficient (Wildman–Crippen LogP) is 1.65. The van der Waals surface area contributed by atoms with Crippen LogP contribution >= 0.6 is 0 Å². The van der Waals surface area contributed by atoms with E-state index < -0.39 is 0 Å². The van der Waals surface area contributed by atoms with Crippen LogP contribution in [0.1, 0.15) is 38.5 Å². The van der Waals surface area contributed by atoms with Gasteiger partial charge in [-0.05, 0) is 37.7 Å². The van der Waals surface area contributed by atoms with Gasteiger partial charge in [0.2, 0.25) is 5.91 Å². The maximum absolute atomic E-state index is 12.5. The third-order valence-electron chi connectivity index (χ3n) is 4.92. The van der Waals surface area contributed by atoms with Gasteiger partial charge in [-0.2, -0.15) is 5.10 Å². The van der Waals surface area contributed by atoms with E-state index >= 15 is 0 Å². The number of likely N-dealkylation sites (tertiary alicyclic amines) is 1. The highest BCUT2D eigenvalue weighted by molar-refractivity contribution is 5.78. The van der Waals surface area contributed by atoms with Crippen molar-refractivity contribution in [2.24, 2.45) is 5.92 Å². The zero-order chi connectivity index (χ0) is 14.5. The fourth-order valence-corrected chi connectivity index (χ4v) is 3.86. The summed E-state index contributed by atoms with van der Waals surface area (Å²) in [5, 5.41) is 7.42. The predicted molar refractivity (Wildman–Crippen MR) is 81.8 cm³/mol. The lowest BCUT2D eigenvalue weighted by Crippen LogP contribution is -2.52. The third kappa shape index (κ3) is 3.64. The Labute approximate surface area is 126 Å². The van der Waals surface area contributed by atoms with Crippen LogP contribution in [0.4, 0.5) is 0 Å². The minimum Gasteiger partial charge on any atom is -0.338 e. The van der Waals surface area contributed by atoms with Gasteiger partial charge in [0.25, 0.3) is 0 Å². The quantitative estimate of drug-likeness (QED) is 0.839. The molecule has 5 heteroatoms. The van der Waals surface area contributed by atoms with Crippen LogP contribution in [0.15, 0.2) is 18.5 Å². The maximum Gasteiger partial charge on any atom is 0.236 e. The van der Waals surface area contributed by atoms with Crippen molar-refractivity contribution < 1.29 is 4.79 Å². The number of carbonyl (C=O) groups excluding carboxylic acids is 1. The van der Waals surface area contributed by atoms with Gasteiger partial charge >= 0.3 is 0 Å². The molecule has 2 fully saturated rings. The molecule has 3 rings (SSSR count). The summed E-state index contributed by atoms with van der Waals surface area (Å²) in [4.78, 5) is 14.6. The number of amides is 1. The maximum atomic E-state index is 12.5. The van der Waals surface area contributed by atoms with Gasteiger partial charge in [0.15, 0.2) is 0 Å². The molecule has 1 saturated carbocycles.